The van der Waals surface area contributed by atoms with Crippen molar-refractivity contribution in [3.05, 3.63) is 57.2 Å². The zero-order chi connectivity index (χ0) is 18.4. The Morgan fingerprint density at radius 1 is 1.27 bits per heavy atom. The molecule has 1 amide bonds. The molecule has 0 saturated carbocycles. The number of ether oxygens (including phenoxy) is 1. The number of halogens is 1. The van der Waals surface area contributed by atoms with Gasteiger partial charge in [0.2, 0.25) is 0 Å². The molecule has 2 aromatic carbocycles. The Bertz CT molecular complexity index is 801. The second-order valence-electron chi connectivity index (χ2n) is 6.25. The number of anilines is 1. The molecule has 1 aliphatic rings. The van der Waals surface area contributed by atoms with Crippen LogP contribution in [0.1, 0.15) is 24.0 Å². The van der Waals surface area contributed by atoms with Crippen molar-refractivity contribution < 1.29 is 9.53 Å². The van der Waals surface area contributed by atoms with Gasteiger partial charge in [0, 0.05) is 18.8 Å². The maximum Gasteiger partial charge on any atom is 0.277 e. The fraction of sp³-hybridized carbons (Fsp3) is 0.300. The lowest BCUT2D eigenvalue weighted by Crippen LogP contribution is -2.24. The van der Waals surface area contributed by atoms with E-state index < -0.39 is 0 Å². The minimum atomic E-state index is -0.286. The molecule has 0 spiro atoms. The van der Waals surface area contributed by atoms with Crippen LogP contribution < -0.4 is 15.1 Å². The Morgan fingerprint density at radius 3 is 2.77 bits per heavy atom. The monoisotopic (exact) mass is 463 g/mol. The smallest absolute Gasteiger partial charge is 0.277 e. The van der Waals surface area contributed by atoms with Crippen LogP contribution in [0.15, 0.2) is 47.6 Å². The first-order chi connectivity index (χ1) is 12.6. The summed E-state index contributed by atoms with van der Waals surface area (Å²) in [5.74, 6) is 0.409. The summed E-state index contributed by atoms with van der Waals surface area (Å²) in [7, 11) is 0. The fourth-order valence-corrected chi connectivity index (χ4v) is 3.53. The highest BCUT2D eigenvalue weighted by Gasteiger charge is 2.14. The highest BCUT2D eigenvalue weighted by molar-refractivity contribution is 14.1. The first kappa shape index (κ1) is 18.7. The van der Waals surface area contributed by atoms with Gasteiger partial charge in [-0.25, -0.2) is 5.43 Å². The van der Waals surface area contributed by atoms with Gasteiger partial charge in [0.05, 0.1) is 9.78 Å². The lowest BCUT2D eigenvalue weighted by atomic mass is 10.1. The number of hydrogen-bond acceptors (Lipinski definition) is 4. The largest absolute Gasteiger partial charge is 0.483 e. The number of nitrogens with zero attached hydrogens (tertiary/aromatic N) is 2. The van der Waals surface area contributed by atoms with Crippen molar-refractivity contribution in [2.24, 2.45) is 5.10 Å². The summed E-state index contributed by atoms with van der Waals surface area (Å²) >= 11 is 2.17. The quantitative estimate of drug-likeness (QED) is 0.404. The van der Waals surface area contributed by atoms with Crippen molar-refractivity contribution in [2.75, 3.05) is 24.6 Å². The lowest BCUT2D eigenvalue weighted by Gasteiger charge is -2.20. The number of benzene rings is 2. The summed E-state index contributed by atoms with van der Waals surface area (Å²) in [4.78, 5) is 14.3. The molecule has 1 aliphatic heterocycles. The van der Waals surface area contributed by atoms with Crippen LogP contribution in [0.2, 0.25) is 0 Å². The molecule has 1 heterocycles. The van der Waals surface area contributed by atoms with E-state index in [1.165, 1.54) is 24.1 Å². The highest BCUT2D eigenvalue weighted by atomic mass is 127. The molecule has 136 valence electrons. The molecule has 3 rings (SSSR count). The van der Waals surface area contributed by atoms with Gasteiger partial charge in [0.1, 0.15) is 5.75 Å². The second-order valence-corrected chi connectivity index (χ2v) is 7.41. The average Bonchev–Trinajstić information content (AvgIpc) is 3.15. The molecule has 5 nitrogen and oxygen atoms in total. The van der Waals surface area contributed by atoms with Gasteiger partial charge in [-0.1, -0.05) is 18.2 Å². The predicted molar refractivity (Wildman–Crippen MR) is 113 cm³/mol. The molecule has 6 heteroatoms. The number of nitrogens with one attached hydrogen (secondary N) is 1. The standard InChI is InChI=1S/C20H22IN3O2/c1-15-12-16(8-9-18(15)24-10-4-5-11-24)13-22-23-20(25)14-26-19-7-3-2-6-17(19)21/h2-3,6-9,12-13H,4-5,10-11,14H2,1H3,(H,23,25). The molecule has 0 bridgehead atoms. The maximum absolute atomic E-state index is 11.9. The van der Waals surface area contributed by atoms with Crippen molar-refractivity contribution in [1.82, 2.24) is 5.43 Å². The van der Waals surface area contributed by atoms with E-state index in [1.807, 2.05) is 30.3 Å². The predicted octanol–water partition coefficient (Wildman–Crippen LogP) is 3.73. The third-order valence-corrected chi connectivity index (χ3v) is 5.16. The average molecular weight is 463 g/mol. The van der Waals surface area contributed by atoms with Gasteiger partial charge in [-0.05, 0) is 77.7 Å². The number of hydrazone groups is 1. The third-order valence-electron chi connectivity index (χ3n) is 4.27. The Hall–Kier alpha value is -2.09. The van der Waals surface area contributed by atoms with Crippen molar-refractivity contribution in [3.8, 4) is 5.75 Å². The number of amides is 1. The zero-order valence-electron chi connectivity index (χ0n) is 14.7. The highest BCUT2D eigenvalue weighted by Crippen LogP contribution is 2.24. The molecule has 0 aromatic heterocycles. The molecule has 0 radical (unpaired) electrons. The van der Waals surface area contributed by atoms with Crippen LogP contribution in [-0.2, 0) is 4.79 Å². The first-order valence-electron chi connectivity index (χ1n) is 8.68. The molecule has 1 saturated heterocycles. The fourth-order valence-electron chi connectivity index (χ4n) is 2.99. The summed E-state index contributed by atoms with van der Waals surface area (Å²) in [5.41, 5.74) is 5.98. The molecule has 0 unspecified atom stereocenters. The normalized spacial score (nSPS) is 14.0. The number of hydrogen-bond donors (Lipinski definition) is 1. The SMILES string of the molecule is Cc1cc(C=NNC(=O)COc2ccccc2I)ccc1N1CCCC1. The van der Waals surface area contributed by atoms with E-state index in [-0.39, 0.29) is 12.5 Å². The Morgan fingerprint density at radius 2 is 2.04 bits per heavy atom. The van der Waals surface area contributed by atoms with E-state index in [2.05, 4.69) is 57.1 Å². The van der Waals surface area contributed by atoms with Crippen molar-refractivity contribution in [3.63, 3.8) is 0 Å². The van der Waals surface area contributed by atoms with Gasteiger partial charge >= 0.3 is 0 Å². The van der Waals surface area contributed by atoms with Gasteiger partial charge in [-0.15, -0.1) is 0 Å². The number of para-hydroxylation sites is 1. The maximum atomic E-state index is 11.9. The number of carbonyl (C=O) groups is 1. The summed E-state index contributed by atoms with van der Waals surface area (Å²) in [6.45, 7) is 4.30. The Kier molecular flexibility index (Phi) is 6.49. The van der Waals surface area contributed by atoms with E-state index in [4.69, 9.17) is 4.74 Å². The lowest BCUT2D eigenvalue weighted by molar-refractivity contribution is -0.123. The third kappa shape index (κ3) is 4.97. The zero-order valence-corrected chi connectivity index (χ0v) is 16.9. The van der Waals surface area contributed by atoms with Gasteiger partial charge in [-0.3, -0.25) is 4.79 Å². The molecular formula is C20H22IN3O2. The van der Waals surface area contributed by atoms with E-state index >= 15 is 0 Å². The van der Waals surface area contributed by atoms with Crippen LogP contribution in [0.5, 0.6) is 5.75 Å². The van der Waals surface area contributed by atoms with Crippen LogP contribution in [0, 0.1) is 10.5 Å². The summed E-state index contributed by atoms with van der Waals surface area (Å²) in [6.07, 6.45) is 4.18. The molecule has 0 atom stereocenters. The minimum absolute atomic E-state index is 0.0652. The van der Waals surface area contributed by atoms with Crippen molar-refractivity contribution >= 4 is 40.4 Å². The molecule has 0 aliphatic carbocycles. The molecule has 1 N–H and O–H groups in total. The summed E-state index contributed by atoms with van der Waals surface area (Å²) in [5, 5.41) is 4.02. The van der Waals surface area contributed by atoms with Crippen LogP contribution in [0.3, 0.4) is 0 Å². The van der Waals surface area contributed by atoms with Gasteiger partial charge < -0.3 is 9.64 Å². The van der Waals surface area contributed by atoms with Crippen LogP contribution >= 0.6 is 22.6 Å². The molecule has 26 heavy (non-hydrogen) atoms. The Balaban J connectivity index is 1.51. The van der Waals surface area contributed by atoms with Gasteiger partial charge in [-0.2, -0.15) is 5.10 Å². The topological polar surface area (TPSA) is 53.9 Å². The van der Waals surface area contributed by atoms with Gasteiger partial charge in [0.15, 0.2) is 6.61 Å². The first-order valence-corrected chi connectivity index (χ1v) is 9.76. The van der Waals surface area contributed by atoms with Crippen LogP contribution in [-0.4, -0.2) is 31.8 Å². The summed E-state index contributed by atoms with van der Waals surface area (Å²) in [6, 6.07) is 13.8. The van der Waals surface area contributed by atoms with Gasteiger partial charge in [0.25, 0.3) is 5.91 Å². The molecular weight excluding hydrogens is 441 g/mol. The van der Waals surface area contributed by atoms with E-state index in [0.717, 1.165) is 22.2 Å². The molecule has 1 fully saturated rings. The minimum Gasteiger partial charge on any atom is -0.483 e. The van der Waals surface area contributed by atoms with Crippen LogP contribution in [0.25, 0.3) is 0 Å². The van der Waals surface area contributed by atoms with E-state index in [9.17, 15) is 4.79 Å². The van der Waals surface area contributed by atoms with E-state index in [0.29, 0.717) is 5.75 Å². The van der Waals surface area contributed by atoms with Crippen molar-refractivity contribution in [2.45, 2.75) is 19.8 Å². The second kappa shape index (κ2) is 9.02. The summed E-state index contributed by atoms with van der Waals surface area (Å²) < 4.78 is 6.46. The molecule has 2 aromatic rings. The number of aryl methyl sites for hydroxylation is 1. The van der Waals surface area contributed by atoms with Crippen molar-refractivity contribution in [1.29, 1.82) is 0 Å². The van der Waals surface area contributed by atoms with E-state index in [1.54, 1.807) is 6.21 Å². The number of carbonyl (C=O) groups excluding carboxylic acids is 1. The van der Waals surface area contributed by atoms with Crippen LogP contribution in [0.4, 0.5) is 5.69 Å². The Labute approximate surface area is 167 Å². The number of rotatable bonds is 6.